The zero-order valence-corrected chi connectivity index (χ0v) is 10.6. The molecular weight excluding hydrogens is 256 g/mol. The number of fused-ring (bicyclic) bond motifs is 5. The third-order valence-electron chi connectivity index (χ3n) is 4.70. The molecule has 0 aliphatic heterocycles. The number of carbonyl (C=O) groups excluding carboxylic acids is 1. The van der Waals surface area contributed by atoms with Crippen LogP contribution in [0, 0.1) is 23.7 Å². The molecule has 0 amide bonds. The molecule has 0 N–H and O–H groups in total. The smallest absolute Gasteiger partial charge is 0.302 e. The molecule has 3 aliphatic rings. The number of rotatable bonds is 1. The molecule has 0 radical (unpaired) electrons. The Bertz CT molecular complexity index is 291. The molecule has 3 fully saturated rings. The summed E-state index contributed by atoms with van der Waals surface area (Å²) >= 11 is 3.76. The summed E-state index contributed by atoms with van der Waals surface area (Å²) in [6.45, 7) is 1.52. The quantitative estimate of drug-likeness (QED) is 0.542. The maximum absolute atomic E-state index is 11.0. The second-order valence-electron chi connectivity index (χ2n) is 5.40. The van der Waals surface area contributed by atoms with Gasteiger partial charge in [-0.3, -0.25) is 4.79 Å². The second-order valence-corrected chi connectivity index (χ2v) is 6.46. The van der Waals surface area contributed by atoms with Gasteiger partial charge in [0, 0.05) is 6.92 Å². The molecule has 0 saturated heterocycles. The zero-order valence-electron chi connectivity index (χ0n) is 8.99. The van der Waals surface area contributed by atoms with Crippen molar-refractivity contribution in [1.82, 2.24) is 0 Å². The summed E-state index contributed by atoms with van der Waals surface area (Å²) in [5.74, 6) is 3.33. The maximum atomic E-state index is 11.0. The SMILES string of the molecule is CC(=O)O[C@H]1C[C@H]2[C@@H]3CC[C@@H](C3)[C@@H]2[C@@H]1Br. The molecule has 0 aromatic carbocycles. The van der Waals surface area contributed by atoms with Crippen molar-refractivity contribution in [3.05, 3.63) is 0 Å². The largest absolute Gasteiger partial charge is 0.461 e. The van der Waals surface area contributed by atoms with Gasteiger partial charge >= 0.3 is 5.97 Å². The van der Waals surface area contributed by atoms with E-state index in [9.17, 15) is 4.79 Å². The highest BCUT2D eigenvalue weighted by atomic mass is 79.9. The van der Waals surface area contributed by atoms with Crippen LogP contribution in [0.4, 0.5) is 0 Å². The molecule has 3 aliphatic carbocycles. The van der Waals surface area contributed by atoms with Crippen LogP contribution >= 0.6 is 15.9 Å². The van der Waals surface area contributed by atoms with Gasteiger partial charge in [0.1, 0.15) is 6.10 Å². The lowest BCUT2D eigenvalue weighted by Gasteiger charge is -2.26. The lowest BCUT2D eigenvalue weighted by Crippen LogP contribution is -2.27. The van der Waals surface area contributed by atoms with Gasteiger partial charge in [-0.2, -0.15) is 0 Å². The predicted molar refractivity (Wildman–Crippen MR) is 60.7 cm³/mol. The van der Waals surface area contributed by atoms with Gasteiger partial charge in [-0.15, -0.1) is 0 Å². The van der Waals surface area contributed by atoms with E-state index in [2.05, 4.69) is 15.9 Å². The van der Waals surface area contributed by atoms with E-state index in [1.807, 2.05) is 0 Å². The molecule has 3 rings (SSSR count). The molecule has 0 aromatic rings. The first-order valence-corrected chi connectivity index (χ1v) is 6.89. The van der Waals surface area contributed by atoms with Crippen LogP contribution in [0.5, 0.6) is 0 Å². The highest BCUT2D eigenvalue weighted by Crippen LogP contribution is 2.60. The average molecular weight is 273 g/mol. The second kappa shape index (κ2) is 3.47. The van der Waals surface area contributed by atoms with Crippen LogP contribution in [0.1, 0.15) is 32.6 Å². The Labute approximate surface area is 98.9 Å². The Morgan fingerprint density at radius 2 is 2.00 bits per heavy atom. The normalized spacial score (nSPS) is 51.9. The van der Waals surface area contributed by atoms with E-state index < -0.39 is 0 Å². The van der Waals surface area contributed by atoms with Crippen molar-refractivity contribution >= 4 is 21.9 Å². The first kappa shape index (κ1) is 10.1. The van der Waals surface area contributed by atoms with Gasteiger partial charge in [0.15, 0.2) is 0 Å². The molecule has 3 saturated carbocycles. The van der Waals surface area contributed by atoms with Crippen LogP contribution in [-0.2, 0) is 9.53 Å². The van der Waals surface area contributed by atoms with Crippen LogP contribution in [0.3, 0.4) is 0 Å². The Hall–Kier alpha value is -0.0500. The van der Waals surface area contributed by atoms with Gasteiger partial charge in [0.05, 0.1) is 4.83 Å². The highest BCUT2D eigenvalue weighted by molar-refractivity contribution is 9.09. The molecule has 84 valence electrons. The maximum Gasteiger partial charge on any atom is 0.302 e. The molecular formula is C12H17BrO2. The lowest BCUT2D eigenvalue weighted by molar-refractivity contribution is -0.145. The fourth-order valence-electron chi connectivity index (χ4n) is 4.27. The average Bonchev–Trinajstić information content (AvgIpc) is 2.79. The molecule has 3 heteroatoms. The fourth-order valence-corrected chi connectivity index (χ4v) is 5.42. The van der Waals surface area contributed by atoms with Gasteiger partial charge in [-0.25, -0.2) is 0 Å². The summed E-state index contributed by atoms with van der Waals surface area (Å²) in [5.41, 5.74) is 0. The molecule has 0 aromatic heterocycles. The van der Waals surface area contributed by atoms with Crippen LogP contribution in [0.25, 0.3) is 0 Å². The van der Waals surface area contributed by atoms with Crippen molar-refractivity contribution in [3.63, 3.8) is 0 Å². The predicted octanol–water partition coefficient (Wildman–Crippen LogP) is 2.75. The lowest BCUT2D eigenvalue weighted by atomic mass is 9.82. The van der Waals surface area contributed by atoms with Crippen molar-refractivity contribution in [2.45, 2.75) is 43.5 Å². The van der Waals surface area contributed by atoms with Gasteiger partial charge in [-0.1, -0.05) is 15.9 Å². The van der Waals surface area contributed by atoms with E-state index in [0.29, 0.717) is 4.83 Å². The summed E-state index contributed by atoms with van der Waals surface area (Å²) in [5, 5.41) is 0. The summed E-state index contributed by atoms with van der Waals surface area (Å²) in [6, 6.07) is 0. The number of hydrogen-bond donors (Lipinski definition) is 0. The Balaban J connectivity index is 1.75. The van der Waals surface area contributed by atoms with Crippen molar-refractivity contribution in [3.8, 4) is 0 Å². The zero-order chi connectivity index (χ0) is 10.6. The first-order chi connectivity index (χ1) is 7.16. The monoisotopic (exact) mass is 272 g/mol. The summed E-state index contributed by atoms with van der Waals surface area (Å²) in [6.07, 6.45) is 5.49. The highest BCUT2D eigenvalue weighted by Gasteiger charge is 2.56. The standard InChI is InChI=1S/C12H17BrO2/c1-6(14)15-10-5-9-7-2-3-8(4-7)11(9)12(10)13/h7-12H,2-5H2,1H3/t7-,8+,9+,10+,11+,12-/m1/s1. The van der Waals surface area contributed by atoms with Crippen molar-refractivity contribution in [2.75, 3.05) is 0 Å². The summed E-state index contributed by atoms with van der Waals surface area (Å²) in [7, 11) is 0. The van der Waals surface area contributed by atoms with Crippen molar-refractivity contribution in [1.29, 1.82) is 0 Å². The number of halogens is 1. The molecule has 6 atom stereocenters. The van der Waals surface area contributed by atoms with Crippen LogP contribution in [-0.4, -0.2) is 16.9 Å². The topological polar surface area (TPSA) is 26.3 Å². The van der Waals surface area contributed by atoms with E-state index >= 15 is 0 Å². The Kier molecular flexibility index (Phi) is 2.35. The van der Waals surface area contributed by atoms with E-state index in [1.165, 1.54) is 26.2 Å². The van der Waals surface area contributed by atoms with Gasteiger partial charge in [-0.05, 0) is 49.4 Å². The van der Waals surface area contributed by atoms with Gasteiger partial charge in [0.25, 0.3) is 0 Å². The third-order valence-corrected chi connectivity index (χ3v) is 5.90. The van der Waals surface area contributed by atoms with E-state index in [1.54, 1.807) is 0 Å². The molecule has 0 spiro atoms. The number of carbonyl (C=O) groups is 1. The molecule has 0 unspecified atom stereocenters. The van der Waals surface area contributed by atoms with Crippen molar-refractivity contribution < 1.29 is 9.53 Å². The first-order valence-electron chi connectivity index (χ1n) is 5.98. The number of esters is 1. The molecule has 15 heavy (non-hydrogen) atoms. The van der Waals surface area contributed by atoms with E-state index in [0.717, 1.165) is 30.1 Å². The number of alkyl halides is 1. The number of hydrogen-bond acceptors (Lipinski definition) is 2. The van der Waals surface area contributed by atoms with E-state index in [-0.39, 0.29) is 12.1 Å². The Morgan fingerprint density at radius 3 is 2.67 bits per heavy atom. The minimum atomic E-state index is -0.128. The van der Waals surface area contributed by atoms with Gasteiger partial charge in [0.2, 0.25) is 0 Å². The van der Waals surface area contributed by atoms with Crippen molar-refractivity contribution in [2.24, 2.45) is 23.7 Å². The van der Waals surface area contributed by atoms with E-state index in [4.69, 9.17) is 4.74 Å². The third kappa shape index (κ3) is 1.46. The Morgan fingerprint density at radius 1 is 1.27 bits per heavy atom. The fraction of sp³-hybridized carbons (Fsp3) is 0.917. The molecule has 2 bridgehead atoms. The van der Waals surface area contributed by atoms with Crippen LogP contribution in [0.15, 0.2) is 0 Å². The van der Waals surface area contributed by atoms with Crippen LogP contribution < -0.4 is 0 Å². The minimum Gasteiger partial charge on any atom is -0.461 e. The number of ether oxygens (including phenoxy) is 1. The molecule has 2 nitrogen and oxygen atoms in total. The minimum absolute atomic E-state index is 0.128. The summed E-state index contributed by atoms with van der Waals surface area (Å²) in [4.78, 5) is 11.4. The van der Waals surface area contributed by atoms with Gasteiger partial charge < -0.3 is 4.74 Å². The van der Waals surface area contributed by atoms with Crippen LogP contribution in [0.2, 0.25) is 0 Å². The molecule has 0 heterocycles. The summed E-state index contributed by atoms with van der Waals surface area (Å²) < 4.78 is 5.40.